The number of carbonyl (C=O) groups is 1. The van der Waals surface area contributed by atoms with E-state index < -0.39 is 0 Å². The van der Waals surface area contributed by atoms with Gasteiger partial charge in [0.25, 0.3) is 0 Å². The van der Waals surface area contributed by atoms with Gasteiger partial charge in [0.2, 0.25) is 0 Å². The highest BCUT2D eigenvalue weighted by atomic mass is 16.4. The number of furan rings is 1. The molecule has 0 amide bonds. The molecule has 1 N–H and O–H groups in total. The second-order valence-electron chi connectivity index (χ2n) is 4.15. The highest BCUT2D eigenvalue weighted by Gasteiger charge is 2.26. The van der Waals surface area contributed by atoms with Gasteiger partial charge < -0.3 is 14.4 Å². The first kappa shape index (κ1) is 11.2. The van der Waals surface area contributed by atoms with Crippen molar-refractivity contribution in [3.8, 4) is 0 Å². The van der Waals surface area contributed by atoms with Gasteiger partial charge in [-0.25, -0.2) is 0 Å². The molecule has 2 heterocycles. The minimum atomic E-state index is 0.238. The quantitative estimate of drug-likeness (QED) is 0.774. The number of carbonyl (C=O) groups excluding carboxylic acids is 1. The molecule has 88 valence electrons. The van der Waals surface area contributed by atoms with E-state index in [0.717, 1.165) is 44.4 Å². The van der Waals surface area contributed by atoms with Gasteiger partial charge in [-0.2, -0.15) is 0 Å². The minimum Gasteiger partial charge on any atom is -0.438 e. The Labute approximate surface area is 94.9 Å². The van der Waals surface area contributed by atoms with E-state index in [1.165, 1.54) is 0 Å². The maximum atomic E-state index is 10.5. The van der Waals surface area contributed by atoms with E-state index in [1.807, 2.05) is 6.07 Å². The normalized spacial score (nSPS) is 20.3. The van der Waals surface area contributed by atoms with E-state index in [9.17, 15) is 4.79 Å². The van der Waals surface area contributed by atoms with E-state index in [-0.39, 0.29) is 6.61 Å². The Morgan fingerprint density at radius 2 is 2.44 bits per heavy atom. The maximum Gasteiger partial charge on any atom is 0.196 e. The number of hydrogen-bond acceptors (Lipinski definition) is 4. The molecule has 1 atom stereocenters. The fourth-order valence-electron chi connectivity index (χ4n) is 2.31. The van der Waals surface area contributed by atoms with Crippen LogP contribution in [-0.4, -0.2) is 30.6 Å². The lowest BCUT2D eigenvalue weighted by Gasteiger charge is -2.23. The average Bonchev–Trinajstić information content (AvgIpc) is 2.94. The zero-order valence-electron chi connectivity index (χ0n) is 9.26. The van der Waals surface area contributed by atoms with Crippen LogP contribution in [0.5, 0.6) is 0 Å². The van der Waals surface area contributed by atoms with Gasteiger partial charge in [0.15, 0.2) is 17.9 Å². The summed E-state index contributed by atoms with van der Waals surface area (Å²) in [5, 5.41) is 8.84. The third-order valence-electron chi connectivity index (χ3n) is 3.08. The van der Waals surface area contributed by atoms with Crippen LogP contribution in [0.25, 0.3) is 0 Å². The lowest BCUT2D eigenvalue weighted by molar-refractivity contribution is 0.110. The molecule has 1 fully saturated rings. The Morgan fingerprint density at radius 3 is 3.12 bits per heavy atom. The van der Waals surface area contributed by atoms with Crippen molar-refractivity contribution < 1.29 is 14.3 Å². The van der Waals surface area contributed by atoms with Gasteiger partial charge in [0.05, 0.1) is 0 Å². The number of anilines is 1. The predicted molar refractivity (Wildman–Crippen MR) is 60.8 cm³/mol. The zero-order chi connectivity index (χ0) is 11.4. The Bertz CT molecular complexity index is 348. The number of hydrogen-bond donors (Lipinski definition) is 1. The Balaban J connectivity index is 2.03. The number of aliphatic hydroxyl groups is 1. The van der Waals surface area contributed by atoms with E-state index in [2.05, 4.69) is 4.90 Å². The molecule has 0 aromatic carbocycles. The first-order chi connectivity index (χ1) is 7.85. The van der Waals surface area contributed by atoms with Crippen LogP contribution in [0.4, 0.5) is 5.88 Å². The van der Waals surface area contributed by atoms with E-state index in [0.29, 0.717) is 11.8 Å². The highest BCUT2D eigenvalue weighted by Crippen LogP contribution is 2.29. The third-order valence-corrected chi connectivity index (χ3v) is 3.08. The molecule has 2 rings (SSSR count). The van der Waals surface area contributed by atoms with Crippen LogP contribution < -0.4 is 4.90 Å². The lowest BCUT2D eigenvalue weighted by atomic mass is 10.1. The van der Waals surface area contributed by atoms with Crippen LogP contribution in [0.2, 0.25) is 0 Å². The lowest BCUT2D eigenvalue weighted by Crippen LogP contribution is -2.28. The van der Waals surface area contributed by atoms with Crippen LogP contribution in [-0.2, 0) is 0 Å². The molecule has 1 aliphatic heterocycles. The summed E-state index contributed by atoms with van der Waals surface area (Å²) in [5.74, 6) is 1.16. The second-order valence-corrected chi connectivity index (χ2v) is 4.15. The predicted octanol–water partition coefficient (Wildman–Crippen LogP) is 1.83. The SMILES string of the molecule is O=Cc1ccc(N2CCCC2CCCO)o1. The van der Waals surface area contributed by atoms with Crippen molar-refractivity contribution in [3.05, 3.63) is 17.9 Å². The Kier molecular flexibility index (Phi) is 3.62. The molecule has 16 heavy (non-hydrogen) atoms. The van der Waals surface area contributed by atoms with Crippen LogP contribution in [0.15, 0.2) is 16.5 Å². The molecule has 0 saturated carbocycles. The Morgan fingerprint density at radius 1 is 1.56 bits per heavy atom. The molecule has 4 heteroatoms. The number of aliphatic hydroxyl groups excluding tert-OH is 1. The van der Waals surface area contributed by atoms with E-state index in [1.54, 1.807) is 6.07 Å². The summed E-state index contributed by atoms with van der Waals surface area (Å²) in [7, 11) is 0. The number of nitrogens with zero attached hydrogens (tertiary/aromatic N) is 1. The van der Waals surface area contributed by atoms with Crippen LogP contribution in [0, 0.1) is 0 Å². The van der Waals surface area contributed by atoms with Crippen molar-refractivity contribution in [2.45, 2.75) is 31.7 Å². The molecule has 1 aliphatic rings. The summed E-state index contributed by atoms with van der Waals surface area (Å²) < 4.78 is 5.42. The van der Waals surface area contributed by atoms with Gasteiger partial charge in [0, 0.05) is 25.3 Å². The van der Waals surface area contributed by atoms with E-state index in [4.69, 9.17) is 9.52 Å². The van der Waals surface area contributed by atoms with Crippen LogP contribution in [0.1, 0.15) is 36.2 Å². The molecule has 0 bridgehead atoms. The van der Waals surface area contributed by atoms with Gasteiger partial charge >= 0.3 is 0 Å². The summed E-state index contributed by atoms with van der Waals surface area (Å²) in [5.41, 5.74) is 0. The smallest absolute Gasteiger partial charge is 0.196 e. The summed E-state index contributed by atoms with van der Waals surface area (Å²) in [4.78, 5) is 12.7. The first-order valence-electron chi connectivity index (χ1n) is 5.77. The molecule has 1 unspecified atom stereocenters. The van der Waals surface area contributed by atoms with Gasteiger partial charge in [-0.15, -0.1) is 0 Å². The summed E-state index contributed by atoms with van der Waals surface area (Å²) >= 11 is 0. The Hall–Kier alpha value is -1.29. The summed E-state index contributed by atoms with van der Waals surface area (Å²) in [6.07, 6.45) is 4.81. The molecule has 1 aromatic rings. The van der Waals surface area contributed by atoms with Crippen LogP contribution >= 0.6 is 0 Å². The highest BCUT2D eigenvalue weighted by molar-refractivity contribution is 5.71. The summed E-state index contributed by atoms with van der Waals surface area (Å²) in [6, 6.07) is 3.99. The van der Waals surface area contributed by atoms with Crippen molar-refractivity contribution in [2.75, 3.05) is 18.1 Å². The van der Waals surface area contributed by atoms with Crippen molar-refractivity contribution in [3.63, 3.8) is 0 Å². The fraction of sp³-hybridized carbons (Fsp3) is 0.583. The van der Waals surface area contributed by atoms with Crippen molar-refractivity contribution in [1.29, 1.82) is 0 Å². The van der Waals surface area contributed by atoms with Gasteiger partial charge in [-0.1, -0.05) is 0 Å². The van der Waals surface area contributed by atoms with Gasteiger partial charge in [-0.3, -0.25) is 4.79 Å². The van der Waals surface area contributed by atoms with Gasteiger partial charge in [0.1, 0.15) is 0 Å². The largest absolute Gasteiger partial charge is 0.438 e. The molecule has 0 spiro atoms. The molecule has 0 radical (unpaired) electrons. The molecular weight excluding hydrogens is 206 g/mol. The molecule has 0 aliphatic carbocycles. The number of rotatable bonds is 5. The monoisotopic (exact) mass is 223 g/mol. The maximum absolute atomic E-state index is 10.5. The molecule has 1 aromatic heterocycles. The standard InChI is InChI=1S/C12H17NO3/c14-8-2-4-10-3-1-7-13(10)12-6-5-11(9-15)16-12/h5-6,9-10,14H,1-4,7-8H2. The summed E-state index contributed by atoms with van der Waals surface area (Å²) in [6.45, 7) is 1.21. The number of aldehydes is 1. The average molecular weight is 223 g/mol. The van der Waals surface area contributed by atoms with Gasteiger partial charge in [-0.05, 0) is 31.7 Å². The van der Waals surface area contributed by atoms with E-state index >= 15 is 0 Å². The molecule has 1 saturated heterocycles. The third kappa shape index (κ3) is 2.27. The topological polar surface area (TPSA) is 53.7 Å². The second kappa shape index (κ2) is 5.16. The fourth-order valence-corrected chi connectivity index (χ4v) is 2.31. The molecular formula is C12H17NO3. The minimum absolute atomic E-state index is 0.238. The molecule has 4 nitrogen and oxygen atoms in total. The van der Waals surface area contributed by atoms with Crippen molar-refractivity contribution in [1.82, 2.24) is 0 Å². The van der Waals surface area contributed by atoms with Crippen molar-refractivity contribution in [2.24, 2.45) is 0 Å². The zero-order valence-corrected chi connectivity index (χ0v) is 9.26. The first-order valence-corrected chi connectivity index (χ1v) is 5.77. The van der Waals surface area contributed by atoms with Crippen LogP contribution in [0.3, 0.4) is 0 Å². The van der Waals surface area contributed by atoms with Crippen molar-refractivity contribution >= 4 is 12.2 Å².